The Hall–Kier alpha value is -3.50. The largest absolute Gasteiger partial charge is 0.347 e. The lowest BCUT2D eigenvalue weighted by molar-refractivity contribution is 0.0954. The lowest BCUT2D eigenvalue weighted by atomic mass is 10.2. The van der Waals surface area contributed by atoms with Crippen molar-refractivity contribution in [3.8, 4) is 0 Å². The van der Waals surface area contributed by atoms with E-state index in [2.05, 4.69) is 20.8 Å². The maximum absolute atomic E-state index is 12.8. The Bertz CT molecular complexity index is 1470. The van der Waals surface area contributed by atoms with Gasteiger partial charge in [-0.3, -0.25) is 19.0 Å². The Balaban J connectivity index is 1.26. The Morgan fingerprint density at radius 1 is 0.879 bits per heavy atom. The van der Waals surface area contributed by atoms with Gasteiger partial charge in [-0.2, -0.15) is 10.2 Å². The van der Waals surface area contributed by atoms with Crippen molar-refractivity contribution in [1.29, 1.82) is 0 Å². The molecule has 4 heterocycles. The molecular formula is C23H22N6O2S2. The number of fused-ring (bicyclic) bond motifs is 2. The number of nitrogens with zero attached hydrogens (tertiary/aromatic N) is 4. The molecule has 0 saturated heterocycles. The minimum Gasteiger partial charge on any atom is -0.347 e. The average molecular weight is 479 g/mol. The fourth-order valence-electron chi connectivity index (χ4n) is 3.86. The van der Waals surface area contributed by atoms with Crippen LogP contribution in [0.15, 0.2) is 36.4 Å². The molecule has 168 valence electrons. The maximum atomic E-state index is 12.8. The highest BCUT2D eigenvalue weighted by molar-refractivity contribution is 7.20. The molecule has 1 aromatic carbocycles. The normalized spacial score (nSPS) is 11.4. The molecule has 0 aliphatic heterocycles. The van der Waals surface area contributed by atoms with E-state index in [0.29, 0.717) is 22.0 Å². The second-order valence-electron chi connectivity index (χ2n) is 7.91. The molecule has 33 heavy (non-hydrogen) atoms. The van der Waals surface area contributed by atoms with E-state index in [1.54, 1.807) is 9.36 Å². The van der Waals surface area contributed by atoms with Crippen LogP contribution in [0.3, 0.4) is 0 Å². The predicted octanol–water partition coefficient (Wildman–Crippen LogP) is 4.38. The van der Waals surface area contributed by atoms with Crippen molar-refractivity contribution < 1.29 is 9.59 Å². The van der Waals surface area contributed by atoms with E-state index in [0.717, 1.165) is 37.4 Å². The Kier molecular flexibility index (Phi) is 5.26. The fourth-order valence-corrected chi connectivity index (χ4v) is 5.91. The molecule has 0 bridgehead atoms. The second-order valence-corrected chi connectivity index (χ2v) is 9.98. The van der Waals surface area contributed by atoms with E-state index in [4.69, 9.17) is 0 Å². The van der Waals surface area contributed by atoms with Gasteiger partial charge < -0.3 is 10.6 Å². The van der Waals surface area contributed by atoms with Crippen LogP contribution in [0.1, 0.15) is 36.3 Å². The number of hydrogen-bond donors (Lipinski definition) is 2. The lowest BCUT2D eigenvalue weighted by Crippen LogP contribution is -2.22. The molecule has 0 aliphatic carbocycles. The van der Waals surface area contributed by atoms with Gasteiger partial charge in [0.1, 0.15) is 9.66 Å². The third kappa shape index (κ3) is 3.91. The summed E-state index contributed by atoms with van der Waals surface area (Å²) < 4.78 is 3.59. The van der Waals surface area contributed by atoms with Crippen LogP contribution in [0.25, 0.3) is 20.4 Å². The van der Waals surface area contributed by atoms with Crippen LogP contribution in [0.2, 0.25) is 0 Å². The SMILES string of the molecule is Cc1nn(C)c2sc(C(=O)NCc3cccc(NC(=O)c4cc5c(C)nn(C)c5s4)c3)cc12. The zero-order chi connectivity index (χ0) is 23.3. The van der Waals surface area contributed by atoms with Crippen molar-refractivity contribution >= 4 is 60.6 Å². The van der Waals surface area contributed by atoms with Crippen molar-refractivity contribution in [3.05, 3.63) is 63.1 Å². The molecule has 2 amide bonds. The van der Waals surface area contributed by atoms with Crippen LogP contribution in [-0.4, -0.2) is 31.4 Å². The van der Waals surface area contributed by atoms with E-state index in [-0.39, 0.29) is 11.8 Å². The molecule has 0 fully saturated rings. The monoisotopic (exact) mass is 478 g/mol. The molecule has 4 aromatic heterocycles. The number of benzene rings is 1. The first-order valence-corrected chi connectivity index (χ1v) is 12.0. The van der Waals surface area contributed by atoms with Crippen LogP contribution in [0.4, 0.5) is 5.69 Å². The molecule has 5 aromatic rings. The first-order valence-electron chi connectivity index (χ1n) is 10.3. The standard InChI is InChI=1S/C23H22N6O2S2/c1-12-16-9-18(32-22(16)28(3)26-12)20(30)24-11-14-6-5-7-15(8-14)25-21(31)19-10-17-13(2)27-29(4)23(17)33-19/h5-10H,11H2,1-4H3,(H,24,30)(H,25,31). The number of nitrogens with one attached hydrogen (secondary N) is 2. The lowest BCUT2D eigenvalue weighted by Gasteiger charge is -2.08. The first-order chi connectivity index (χ1) is 15.8. The summed E-state index contributed by atoms with van der Waals surface area (Å²) in [4.78, 5) is 28.7. The first kappa shape index (κ1) is 21.4. The van der Waals surface area contributed by atoms with E-state index in [1.165, 1.54) is 22.7 Å². The number of amides is 2. The van der Waals surface area contributed by atoms with Gasteiger partial charge in [-0.05, 0) is 43.7 Å². The number of carbonyl (C=O) groups excluding carboxylic acids is 2. The fraction of sp³-hybridized carbons (Fsp3) is 0.217. The summed E-state index contributed by atoms with van der Waals surface area (Å²) >= 11 is 2.85. The molecule has 2 N–H and O–H groups in total. The summed E-state index contributed by atoms with van der Waals surface area (Å²) in [7, 11) is 3.76. The third-order valence-corrected chi connectivity index (χ3v) is 7.88. The van der Waals surface area contributed by atoms with Crippen molar-refractivity contribution in [3.63, 3.8) is 0 Å². The molecule has 5 rings (SSSR count). The van der Waals surface area contributed by atoms with E-state index in [9.17, 15) is 9.59 Å². The second kappa shape index (κ2) is 8.13. The van der Waals surface area contributed by atoms with Crippen molar-refractivity contribution in [2.75, 3.05) is 5.32 Å². The smallest absolute Gasteiger partial charge is 0.265 e. The molecule has 0 spiro atoms. The summed E-state index contributed by atoms with van der Waals surface area (Å²) in [6, 6.07) is 11.3. The summed E-state index contributed by atoms with van der Waals surface area (Å²) in [6.45, 7) is 4.24. The van der Waals surface area contributed by atoms with Crippen LogP contribution in [0, 0.1) is 13.8 Å². The average Bonchev–Trinajstić information content (AvgIpc) is 3.52. The molecule has 0 saturated carbocycles. The summed E-state index contributed by atoms with van der Waals surface area (Å²) in [5, 5.41) is 16.7. The van der Waals surface area contributed by atoms with Crippen LogP contribution >= 0.6 is 22.7 Å². The molecule has 0 radical (unpaired) electrons. The number of thiophene rings is 2. The van der Waals surface area contributed by atoms with Gasteiger partial charge in [0.05, 0.1) is 21.1 Å². The van der Waals surface area contributed by atoms with Gasteiger partial charge in [0.25, 0.3) is 11.8 Å². The summed E-state index contributed by atoms with van der Waals surface area (Å²) in [6.07, 6.45) is 0. The van der Waals surface area contributed by atoms with Gasteiger partial charge in [-0.25, -0.2) is 0 Å². The van der Waals surface area contributed by atoms with Gasteiger partial charge in [-0.15, -0.1) is 22.7 Å². The number of aryl methyl sites for hydroxylation is 4. The summed E-state index contributed by atoms with van der Waals surface area (Å²) in [5.74, 6) is -0.287. The number of aromatic nitrogens is 4. The van der Waals surface area contributed by atoms with Gasteiger partial charge in [-0.1, -0.05) is 12.1 Å². The molecule has 0 aliphatic rings. The van der Waals surface area contributed by atoms with E-state index >= 15 is 0 Å². The molecule has 0 unspecified atom stereocenters. The number of hydrogen-bond acceptors (Lipinski definition) is 6. The number of carbonyl (C=O) groups is 2. The maximum Gasteiger partial charge on any atom is 0.265 e. The van der Waals surface area contributed by atoms with Crippen LogP contribution in [0.5, 0.6) is 0 Å². The Labute approximate surface area is 197 Å². The number of anilines is 1. The minimum atomic E-state index is -0.161. The molecule has 0 atom stereocenters. The van der Waals surface area contributed by atoms with Crippen molar-refractivity contribution in [2.45, 2.75) is 20.4 Å². The summed E-state index contributed by atoms with van der Waals surface area (Å²) in [5.41, 5.74) is 3.40. The number of rotatable bonds is 5. The molecular weight excluding hydrogens is 456 g/mol. The predicted molar refractivity (Wildman–Crippen MR) is 132 cm³/mol. The quantitative estimate of drug-likeness (QED) is 0.392. The van der Waals surface area contributed by atoms with Crippen LogP contribution in [-0.2, 0) is 20.6 Å². The van der Waals surface area contributed by atoms with Gasteiger partial charge in [0, 0.05) is 37.1 Å². The van der Waals surface area contributed by atoms with E-state index < -0.39 is 0 Å². The van der Waals surface area contributed by atoms with Crippen LogP contribution < -0.4 is 10.6 Å². The highest BCUT2D eigenvalue weighted by Crippen LogP contribution is 2.29. The Morgan fingerprint density at radius 2 is 1.45 bits per heavy atom. The van der Waals surface area contributed by atoms with Gasteiger partial charge in [0.2, 0.25) is 0 Å². The Morgan fingerprint density at radius 3 is 2.03 bits per heavy atom. The molecule has 8 nitrogen and oxygen atoms in total. The highest BCUT2D eigenvalue weighted by atomic mass is 32.1. The van der Waals surface area contributed by atoms with Crippen molar-refractivity contribution in [1.82, 2.24) is 24.9 Å². The van der Waals surface area contributed by atoms with Gasteiger partial charge in [0.15, 0.2) is 0 Å². The minimum absolute atomic E-state index is 0.126. The topological polar surface area (TPSA) is 93.8 Å². The van der Waals surface area contributed by atoms with Gasteiger partial charge >= 0.3 is 0 Å². The zero-order valence-corrected chi connectivity index (χ0v) is 20.2. The molecule has 10 heteroatoms. The third-order valence-electron chi connectivity index (χ3n) is 5.48. The van der Waals surface area contributed by atoms with Crippen molar-refractivity contribution in [2.24, 2.45) is 14.1 Å². The van der Waals surface area contributed by atoms with E-state index in [1.807, 2.05) is 64.3 Å². The highest BCUT2D eigenvalue weighted by Gasteiger charge is 2.16. The zero-order valence-electron chi connectivity index (χ0n) is 18.6.